The molecule has 1 aliphatic heterocycles. The standard InChI is InChI=1S/C23H30ClN5O2/c1-27(2)8-4-12-31-21-15-22(30-3)19(24)14-18(21)20-16-29-9-5-17(13-23(29)26-20)28-10-6-25-7-11-28/h5,9,13-16,25H,4,6-8,10-12H2,1-3H3. The van der Waals surface area contributed by atoms with Gasteiger partial charge in [0.1, 0.15) is 17.1 Å². The number of anilines is 1. The van der Waals surface area contributed by atoms with Crippen molar-refractivity contribution in [1.82, 2.24) is 19.6 Å². The largest absolute Gasteiger partial charge is 0.495 e. The Morgan fingerprint density at radius 1 is 1.16 bits per heavy atom. The molecule has 0 radical (unpaired) electrons. The van der Waals surface area contributed by atoms with Gasteiger partial charge in [-0.2, -0.15) is 0 Å². The van der Waals surface area contributed by atoms with E-state index in [0.29, 0.717) is 17.4 Å². The number of halogens is 1. The summed E-state index contributed by atoms with van der Waals surface area (Å²) >= 11 is 6.45. The van der Waals surface area contributed by atoms with E-state index >= 15 is 0 Å². The Hall–Kier alpha value is -2.48. The summed E-state index contributed by atoms with van der Waals surface area (Å²) in [6, 6.07) is 8.01. The van der Waals surface area contributed by atoms with Crippen LogP contribution in [-0.4, -0.2) is 74.8 Å². The first-order valence-electron chi connectivity index (χ1n) is 10.6. The molecule has 0 bridgehead atoms. The molecule has 1 aromatic carbocycles. The highest BCUT2D eigenvalue weighted by Gasteiger charge is 2.17. The number of methoxy groups -OCH3 is 1. The van der Waals surface area contributed by atoms with E-state index in [1.807, 2.05) is 22.7 Å². The minimum absolute atomic E-state index is 0.539. The number of benzene rings is 1. The monoisotopic (exact) mass is 443 g/mol. The predicted octanol–water partition coefficient (Wildman–Crippen LogP) is 3.40. The molecule has 1 saturated heterocycles. The van der Waals surface area contributed by atoms with Crippen molar-refractivity contribution in [3.8, 4) is 22.8 Å². The molecule has 1 N–H and O–H groups in total. The highest BCUT2D eigenvalue weighted by Crippen LogP contribution is 2.38. The van der Waals surface area contributed by atoms with Crippen molar-refractivity contribution in [3.63, 3.8) is 0 Å². The maximum Gasteiger partial charge on any atom is 0.141 e. The van der Waals surface area contributed by atoms with Crippen molar-refractivity contribution in [2.75, 3.05) is 65.4 Å². The Balaban J connectivity index is 1.64. The van der Waals surface area contributed by atoms with Gasteiger partial charge in [-0.15, -0.1) is 0 Å². The molecule has 31 heavy (non-hydrogen) atoms. The Kier molecular flexibility index (Phi) is 6.85. The molecular weight excluding hydrogens is 414 g/mol. The van der Waals surface area contributed by atoms with Gasteiger partial charge in [-0.05, 0) is 32.6 Å². The number of fused-ring (bicyclic) bond motifs is 1. The van der Waals surface area contributed by atoms with Gasteiger partial charge in [-0.25, -0.2) is 4.98 Å². The van der Waals surface area contributed by atoms with Gasteiger partial charge in [0.15, 0.2) is 0 Å². The minimum atomic E-state index is 0.539. The number of piperazine rings is 1. The van der Waals surface area contributed by atoms with Crippen molar-refractivity contribution in [3.05, 3.63) is 41.7 Å². The summed E-state index contributed by atoms with van der Waals surface area (Å²) in [4.78, 5) is 9.41. The smallest absolute Gasteiger partial charge is 0.141 e. The summed E-state index contributed by atoms with van der Waals surface area (Å²) in [6.45, 7) is 5.58. The number of nitrogens with one attached hydrogen (secondary N) is 1. The van der Waals surface area contributed by atoms with Gasteiger partial charge in [0, 0.05) is 68.5 Å². The highest BCUT2D eigenvalue weighted by atomic mass is 35.5. The molecule has 3 aromatic rings. The van der Waals surface area contributed by atoms with Crippen LogP contribution in [-0.2, 0) is 0 Å². The highest BCUT2D eigenvalue weighted by molar-refractivity contribution is 6.32. The van der Waals surface area contributed by atoms with Crippen LogP contribution in [0, 0.1) is 0 Å². The zero-order valence-corrected chi connectivity index (χ0v) is 19.2. The van der Waals surface area contributed by atoms with Crippen LogP contribution in [0.5, 0.6) is 11.5 Å². The van der Waals surface area contributed by atoms with E-state index in [2.05, 4.69) is 47.5 Å². The van der Waals surface area contributed by atoms with Crippen LogP contribution in [0.25, 0.3) is 16.9 Å². The fraction of sp³-hybridized carbons (Fsp3) is 0.435. The van der Waals surface area contributed by atoms with Crippen LogP contribution in [0.3, 0.4) is 0 Å². The molecule has 4 rings (SSSR count). The second-order valence-corrected chi connectivity index (χ2v) is 8.41. The van der Waals surface area contributed by atoms with E-state index in [4.69, 9.17) is 26.1 Å². The summed E-state index contributed by atoms with van der Waals surface area (Å²) in [7, 11) is 5.73. The third-order valence-electron chi connectivity index (χ3n) is 5.46. The predicted molar refractivity (Wildman–Crippen MR) is 126 cm³/mol. The summed E-state index contributed by atoms with van der Waals surface area (Å²) in [5.74, 6) is 1.32. The third-order valence-corrected chi connectivity index (χ3v) is 5.76. The molecule has 166 valence electrons. The molecule has 0 amide bonds. The quantitative estimate of drug-likeness (QED) is 0.538. The number of imidazole rings is 1. The first kappa shape index (κ1) is 21.7. The Morgan fingerprint density at radius 3 is 2.71 bits per heavy atom. The molecule has 1 fully saturated rings. The topological polar surface area (TPSA) is 54.3 Å². The zero-order chi connectivity index (χ0) is 21.8. The molecule has 0 saturated carbocycles. The van der Waals surface area contributed by atoms with E-state index < -0.39 is 0 Å². The van der Waals surface area contributed by atoms with Gasteiger partial charge >= 0.3 is 0 Å². The molecule has 2 aromatic heterocycles. The van der Waals surface area contributed by atoms with E-state index in [0.717, 1.165) is 61.8 Å². The van der Waals surface area contributed by atoms with Crippen molar-refractivity contribution in [2.24, 2.45) is 0 Å². The third kappa shape index (κ3) is 5.06. The fourth-order valence-corrected chi connectivity index (χ4v) is 4.04. The number of pyridine rings is 1. The molecular formula is C23H30ClN5O2. The number of nitrogens with zero attached hydrogens (tertiary/aromatic N) is 4. The van der Waals surface area contributed by atoms with Crippen molar-refractivity contribution in [2.45, 2.75) is 6.42 Å². The Labute approximate surface area is 188 Å². The SMILES string of the molecule is COc1cc(OCCCN(C)C)c(-c2cn3ccc(N4CCNCC4)cc3n2)cc1Cl. The van der Waals surface area contributed by atoms with Gasteiger partial charge < -0.3 is 29.0 Å². The first-order valence-corrected chi connectivity index (χ1v) is 11.0. The molecule has 7 nitrogen and oxygen atoms in total. The molecule has 8 heteroatoms. The van der Waals surface area contributed by atoms with Crippen LogP contribution in [0.15, 0.2) is 36.7 Å². The number of rotatable bonds is 8. The minimum Gasteiger partial charge on any atom is -0.495 e. The van der Waals surface area contributed by atoms with E-state index in [9.17, 15) is 0 Å². The van der Waals surface area contributed by atoms with E-state index in [1.165, 1.54) is 5.69 Å². The van der Waals surface area contributed by atoms with Crippen LogP contribution >= 0.6 is 11.6 Å². The maximum absolute atomic E-state index is 6.45. The molecule has 0 spiro atoms. The summed E-state index contributed by atoms with van der Waals surface area (Å²) in [6.07, 6.45) is 5.00. The average molecular weight is 444 g/mol. The van der Waals surface area contributed by atoms with Gasteiger partial charge in [-0.3, -0.25) is 0 Å². The van der Waals surface area contributed by atoms with Crippen molar-refractivity contribution < 1.29 is 9.47 Å². The first-order chi connectivity index (χ1) is 15.0. The van der Waals surface area contributed by atoms with Crippen molar-refractivity contribution in [1.29, 1.82) is 0 Å². The summed E-state index contributed by atoms with van der Waals surface area (Å²) in [5.41, 5.74) is 3.78. The average Bonchev–Trinajstić information content (AvgIpc) is 3.21. The number of hydrogen-bond donors (Lipinski definition) is 1. The zero-order valence-electron chi connectivity index (χ0n) is 18.4. The maximum atomic E-state index is 6.45. The Bertz CT molecular complexity index is 1030. The lowest BCUT2D eigenvalue weighted by Gasteiger charge is -2.29. The van der Waals surface area contributed by atoms with E-state index in [-0.39, 0.29) is 0 Å². The molecule has 1 aliphatic rings. The van der Waals surface area contributed by atoms with Crippen LogP contribution in [0.4, 0.5) is 5.69 Å². The normalized spacial score (nSPS) is 14.4. The summed E-state index contributed by atoms with van der Waals surface area (Å²) in [5, 5.41) is 3.93. The molecule has 0 atom stereocenters. The van der Waals surface area contributed by atoms with Gasteiger partial charge in [-0.1, -0.05) is 11.6 Å². The van der Waals surface area contributed by atoms with Crippen molar-refractivity contribution >= 4 is 22.9 Å². The fourth-order valence-electron chi connectivity index (χ4n) is 3.79. The second-order valence-electron chi connectivity index (χ2n) is 8.00. The lowest BCUT2D eigenvalue weighted by Crippen LogP contribution is -2.43. The number of hydrogen-bond acceptors (Lipinski definition) is 6. The lowest BCUT2D eigenvalue weighted by molar-refractivity contribution is 0.281. The lowest BCUT2D eigenvalue weighted by atomic mass is 10.1. The number of ether oxygens (including phenoxy) is 2. The van der Waals surface area contributed by atoms with Gasteiger partial charge in [0.2, 0.25) is 0 Å². The number of aromatic nitrogens is 2. The van der Waals surface area contributed by atoms with Crippen LogP contribution in [0.1, 0.15) is 6.42 Å². The van der Waals surface area contributed by atoms with Crippen LogP contribution < -0.4 is 19.7 Å². The van der Waals surface area contributed by atoms with Gasteiger partial charge in [0.05, 0.1) is 24.4 Å². The molecule has 3 heterocycles. The molecule has 0 unspecified atom stereocenters. The van der Waals surface area contributed by atoms with E-state index in [1.54, 1.807) is 7.11 Å². The Morgan fingerprint density at radius 2 is 1.97 bits per heavy atom. The van der Waals surface area contributed by atoms with Gasteiger partial charge in [0.25, 0.3) is 0 Å². The molecule has 0 aliphatic carbocycles. The second kappa shape index (κ2) is 9.77. The van der Waals surface area contributed by atoms with Crippen LogP contribution in [0.2, 0.25) is 5.02 Å². The summed E-state index contributed by atoms with van der Waals surface area (Å²) < 4.78 is 13.6.